The molecule has 1 rings (SSSR count). The number of benzene rings is 1. The number of carbonyl (C=O) groups is 1. The molecule has 4 nitrogen and oxygen atoms in total. The molecule has 0 radical (unpaired) electrons. The largest absolute Gasteiger partial charge is 0.497 e. The number of carbonyl (C=O) groups excluding carboxylic acids is 1. The van der Waals surface area contributed by atoms with E-state index in [0.29, 0.717) is 11.3 Å². The van der Waals surface area contributed by atoms with Crippen LogP contribution < -0.4 is 4.74 Å². The molecule has 1 atom stereocenters. The summed E-state index contributed by atoms with van der Waals surface area (Å²) in [7, 11) is 1.57. The molecule has 0 aliphatic heterocycles. The lowest BCUT2D eigenvalue weighted by Crippen LogP contribution is -2.16. The molecule has 0 fully saturated rings. The second-order valence-corrected chi connectivity index (χ2v) is 3.38. The topological polar surface area (TPSA) is 55.8 Å². The number of methoxy groups -OCH3 is 1. The lowest BCUT2D eigenvalue weighted by atomic mass is 10.0. The molecule has 0 saturated carbocycles. The van der Waals surface area contributed by atoms with E-state index in [4.69, 9.17) is 9.47 Å². The first-order valence-corrected chi connectivity index (χ1v) is 5.09. The summed E-state index contributed by atoms with van der Waals surface area (Å²) in [5.74, 6) is 0.0630. The fourth-order valence-electron chi connectivity index (χ4n) is 1.43. The molecule has 0 bridgehead atoms. The van der Waals surface area contributed by atoms with Gasteiger partial charge in [-0.15, -0.1) is 0 Å². The van der Waals surface area contributed by atoms with Gasteiger partial charge in [0.2, 0.25) is 0 Å². The van der Waals surface area contributed by atoms with Gasteiger partial charge in [-0.3, -0.25) is 0 Å². The number of hydrogen-bond acceptors (Lipinski definition) is 4. The van der Waals surface area contributed by atoms with Crippen molar-refractivity contribution >= 4 is 5.97 Å². The molecule has 1 aromatic rings. The van der Waals surface area contributed by atoms with Crippen LogP contribution in [-0.4, -0.2) is 24.8 Å². The molecule has 4 heteroatoms. The summed E-state index contributed by atoms with van der Waals surface area (Å²) in [6, 6.07) is 5.12. The zero-order valence-electron chi connectivity index (χ0n) is 9.69. The molecule has 1 aromatic carbocycles. The summed E-state index contributed by atoms with van der Waals surface area (Å²) in [5, 5.41) is 9.75. The van der Waals surface area contributed by atoms with Crippen molar-refractivity contribution in [3.05, 3.63) is 29.3 Å². The van der Waals surface area contributed by atoms with Gasteiger partial charge in [-0.25, -0.2) is 4.79 Å². The van der Waals surface area contributed by atoms with E-state index in [1.807, 2.05) is 0 Å². The van der Waals surface area contributed by atoms with Crippen LogP contribution in [0.25, 0.3) is 0 Å². The third kappa shape index (κ3) is 2.73. The summed E-state index contributed by atoms with van der Waals surface area (Å²) in [4.78, 5) is 11.3. The monoisotopic (exact) mass is 224 g/mol. The van der Waals surface area contributed by atoms with E-state index >= 15 is 0 Å². The van der Waals surface area contributed by atoms with E-state index in [2.05, 4.69) is 0 Å². The first-order chi connectivity index (χ1) is 7.60. The highest BCUT2D eigenvalue weighted by atomic mass is 16.5. The van der Waals surface area contributed by atoms with Gasteiger partial charge in [-0.1, -0.05) is 6.07 Å². The van der Waals surface area contributed by atoms with Crippen LogP contribution in [-0.2, 0) is 9.53 Å². The molecule has 0 aliphatic carbocycles. The number of aliphatic hydroxyl groups excluding tert-OH is 1. The van der Waals surface area contributed by atoms with Crippen LogP contribution in [0.2, 0.25) is 0 Å². The smallest absolute Gasteiger partial charge is 0.339 e. The Labute approximate surface area is 94.8 Å². The minimum atomic E-state index is -1.23. The molecule has 88 valence electrons. The molecule has 1 N–H and O–H groups in total. The van der Waals surface area contributed by atoms with Crippen LogP contribution in [0.3, 0.4) is 0 Å². The van der Waals surface area contributed by atoms with Crippen molar-refractivity contribution in [2.75, 3.05) is 13.7 Å². The van der Waals surface area contributed by atoms with Crippen LogP contribution in [0.15, 0.2) is 18.2 Å². The SMILES string of the molecule is CCOC(=O)[C@H](O)c1ccc(OC)cc1C. The van der Waals surface area contributed by atoms with Gasteiger partial charge in [0.05, 0.1) is 13.7 Å². The van der Waals surface area contributed by atoms with Gasteiger partial charge in [-0.2, -0.15) is 0 Å². The highest BCUT2D eigenvalue weighted by molar-refractivity contribution is 5.76. The number of rotatable bonds is 4. The summed E-state index contributed by atoms with van der Waals surface area (Å²) >= 11 is 0. The minimum Gasteiger partial charge on any atom is -0.497 e. The Bertz CT molecular complexity index is 373. The van der Waals surface area contributed by atoms with Gasteiger partial charge in [0.25, 0.3) is 0 Å². The first kappa shape index (κ1) is 12.5. The van der Waals surface area contributed by atoms with Crippen LogP contribution in [0, 0.1) is 6.92 Å². The predicted molar refractivity (Wildman–Crippen MR) is 59.3 cm³/mol. The van der Waals surface area contributed by atoms with Gasteiger partial charge < -0.3 is 14.6 Å². The zero-order valence-corrected chi connectivity index (χ0v) is 9.69. The number of aryl methyl sites for hydroxylation is 1. The number of hydrogen-bond donors (Lipinski definition) is 1. The lowest BCUT2D eigenvalue weighted by Gasteiger charge is -2.13. The van der Waals surface area contributed by atoms with E-state index in [-0.39, 0.29) is 6.61 Å². The third-order valence-corrected chi connectivity index (χ3v) is 2.28. The molecular weight excluding hydrogens is 208 g/mol. The van der Waals surface area contributed by atoms with Crippen molar-refractivity contribution in [3.8, 4) is 5.75 Å². The quantitative estimate of drug-likeness (QED) is 0.789. The molecule has 0 spiro atoms. The van der Waals surface area contributed by atoms with Gasteiger partial charge in [-0.05, 0) is 37.1 Å². The standard InChI is InChI=1S/C12H16O4/c1-4-16-12(14)11(13)10-6-5-9(15-3)7-8(10)2/h5-7,11,13H,4H2,1-3H3/t11-/m1/s1. The van der Waals surface area contributed by atoms with Crippen molar-refractivity contribution in [2.45, 2.75) is 20.0 Å². The van der Waals surface area contributed by atoms with Gasteiger partial charge in [0.15, 0.2) is 6.10 Å². The summed E-state index contributed by atoms with van der Waals surface area (Å²) in [5.41, 5.74) is 1.33. The Kier molecular flexibility index (Phi) is 4.31. The maximum atomic E-state index is 11.3. The molecule has 0 heterocycles. The van der Waals surface area contributed by atoms with Crippen LogP contribution in [0.4, 0.5) is 0 Å². The third-order valence-electron chi connectivity index (χ3n) is 2.28. The average Bonchev–Trinajstić information content (AvgIpc) is 2.28. The number of esters is 1. The van der Waals surface area contributed by atoms with Gasteiger partial charge in [0.1, 0.15) is 5.75 Å². The Hall–Kier alpha value is -1.55. The van der Waals surface area contributed by atoms with Crippen molar-refractivity contribution in [2.24, 2.45) is 0 Å². The Morgan fingerprint density at radius 1 is 1.50 bits per heavy atom. The molecule has 0 aliphatic rings. The molecule has 0 amide bonds. The van der Waals surface area contributed by atoms with E-state index in [1.54, 1.807) is 39.2 Å². The van der Waals surface area contributed by atoms with Crippen LogP contribution in [0.1, 0.15) is 24.2 Å². The van der Waals surface area contributed by atoms with Crippen molar-refractivity contribution in [3.63, 3.8) is 0 Å². The maximum Gasteiger partial charge on any atom is 0.339 e. The normalized spacial score (nSPS) is 12.0. The fraction of sp³-hybridized carbons (Fsp3) is 0.417. The minimum absolute atomic E-state index is 0.255. The molecule has 0 unspecified atom stereocenters. The van der Waals surface area contributed by atoms with Gasteiger partial charge in [0, 0.05) is 0 Å². The number of aliphatic hydroxyl groups is 1. The van der Waals surface area contributed by atoms with Crippen LogP contribution >= 0.6 is 0 Å². The molecule has 0 saturated heterocycles. The molecule has 16 heavy (non-hydrogen) atoms. The first-order valence-electron chi connectivity index (χ1n) is 5.09. The molecular formula is C12H16O4. The Morgan fingerprint density at radius 3 is 2.69 bits per heavy atom. The van der Waals surface area contributed by atoms with Crippen molar-refractivity contribution in [1.82, 2.24) is 0 Å². The highest BCUT2D eigenvalue weighted by Crippen LogP contribution is 2.23. The average molecular weight is 224 g/mol. The zero-order chi connectivity index (χ0) is 12.1. The maximum absolute atomic E-state index is 11.3. The summed E-state index contributed by atoms with van der Waals surface area (Å²) in [6.45, 7) is 3.76. The fourth-order valence-corrected chi connectivity index (χ4v) is 1.43. The van der Waals surface area contributed by atoms with E-state index in [9.17, 15) is 9.90 Å². The van der Waals surface area contributed by atoms with E-state index in [1.165, 1.54) is 0 Å². The van der Waals surface area contributed by atoms with E-state index in [0.717, 1.165) is 5.56 Å². The summed E-state index contributed by atoms with van der Waals surface area (Å²) in [6.07, 6.45) is -1.23. The predicted octanol–water partition coefficient (Wildman–Crippen LogP) is 1.60. The van der Waals surface area contributed by atoms with E-state index < -0.39 is 12.1 Å². The Morgan fingerprint density at radius 2 is 2.19 bits per heavy atom. The Balaban J connectivity index is 2.91. The molecule has 0 aromatic heterocycles. The second-order valence-electron chi connectivity index (χ2n) is 3.38. The summed E-state index contributed by atoms with van der Waals surface area (Å²) < 4.78 is 9.79. The van der Waals surface area contributed by atoms with Crippen molar-refractivity contribution < 1.29 is 19.4 Å². The lowest BCUT2D eigenvalue weighted by molar-refractivity contribution is -0.153. The highest BCUT2D eigenvalue weighted by Gasteiger charge is 2.20. The second kappa shape index (κ2) is 5.51. The van der Waals surface area contributed by atoms with Gasteiger partial charge >= 0.3 is 5.97 Å². The van der Waals surface area contributed by atoms with Crippen LogP contribution in [0.5, 0.6) is 5.75 Å². The van der Waals surface area contributed by atoms with Crippen molar-refractivity contribution in [1.29, 1.82) is 0 Å². The number of ether oxygens (including phenoxy) is 2.